The van der Waals surface area contributed by atoms with Gasteiger partial charge < -0.3 is 5.01 Å². The van der Waals surface area contributed by atoms with Crippen LogP contribution in [0.25, 0.3) is 0 Å². The predicted molar refractivity (Wildman–Crippen MR) is 59.0 cm³/mol. The van der Waals surface area contributed by atoms with Gasteiger partial charge in [-0.15, -0.1) is 10.2 Å². The van der Waals surface area contributed by atoms with Crippen LogP contribution in [0.15, 0.2) is 10.9 Å². The number of H-pyrrole nitrogens is 2. The van der Waals surface area contributed by atoms with Crippen molar-refractivity contribution in [2.75, 3.05) is 11.6 Å². The molecule has 0 atom stereocenters. The molecule has 0 spiro atoms. The number of aryl methyl sites for hydroxylation is 1. The molecule has 0 radical (unpaired) electrons. The molecule has 4 N–H and O–H groups in total. The maximum absolute atomic E-state index is 10.9. The average Bonchev–Trinajstić information content (AvgIpc) is 2.89. The molecule has 0 unspecified atom stereocenters. The van der Waals surface area contributed by atoms with E-state index in [1.807, 2.05) is 0 Å². The zero-order chi connectivity index (χ0) is 11.4. The van der Waals surface area contributed by atoms with Crippen molar-refractivity contribution in [3.8, 4) is 0 Å². The molecule has 9 heteroatoms. The smallest absolute Gasteiger partial charge is 0.260 e. The second-order valence-corrected chi connectivity index (χ2v) is 4.00. The molecule has 8 nitrogen and oxygen atoms in total. The average molecular weight is 241 g/mol. The fourth-order valence-corrected chi connectivity index (χ4v) is 1.86. The Morgan fingerprint density at radius 2 is 2.44 bits per heavy atom. The Labute approximate surface area is 94.6 Å². The summed E-state index contributed by atoms with van der Waals surface area (Å²) < 4.78 is 2.58. The summed E-state index contributed by atoms with van der Waals surface area (Å²) >= 11 is 1.22. The van der Waals surface area contributed by atoms with Crippen LogP contribution in [0.3, 0.4) is 0 Å². The third-order valence-electron chi connectivity index (χ3n) is 1.98. The maximum atomic E-state index is 10.9. The normalized spacial score (nSPS) is 10.6. The lowest BCUT2D eigenvalue weighted by atomic mass is 10.3. The lowest BCUT2D eigenvalue weighted by molar-refractivity contribution is 0.732. The van der Waals surface area contributed by atoms with Crippen molar-refractivity contribution in [1.29, 1.82) is 0 Å². The SMILES string of the molecule is NN(CCCc1nn[nH]n1)c1cc(=O)[nH]s1. The zero-order valence-corrected chi connectivity index (χ0v) is 9.20. The second-order valence-electron chi connectivity index (χ2n) is 3.18. The van der Waals surface area contributed by atoms with Crippen LogP contribution in [-0.2, 0) is 6.42 Å². The molecule has 0 amide bonds. The van der Waals surface area contributed by atoms with E-state index in [1.54, 1.807) is 0 Å². The number of nitrogens with zero attached hydrogens (tertiary/aromatic N) is 4. The van der Waals surface area contributed by atoms with Gasteiger partial charge in [0.25, 0.3) is 5.56 Å². The van der Waals surface area contributed by atoms with Gasteiger partial charge in [-0.1, -0.05) is 5.21 Å². The molecule has 0 aliphatic heterocycles. The van der Waals surface area contributed by atoms with Crippen molar-refractivity contribution in [2.45, 2.75) is 12.8 Å². The Morgan fingerprint density at radius 1 is 1.56 bits per heavy atom. The Balaban J connectivity index is 1.80. The Kier molecular flexibility index (Phi) is 3.27. The number of aromatic amines is 2. The van der Waals surface area contributed by atoms with Crippen molar-refractivity contribution in [2.24, 2.45) is 5.84 Å². The molecule has 0 bridgehead atoms. The van der Waals surface area contributed by atoms with E-state index >= 15 is 0 Å². The van der Waals surface area contributed by atoms with Crippen LogP contribution < -0.4 is 16.4 Å². The number of nitrogens with one attached hydrogen (secondary N) is 2. The van der Waals surface area contributed by atoms with Crippen LogP contribution in [0.5, 0.6) is 0 Å². The minimum absolute atomic E-state index is 0.131. The van der Waals surface area contributed by atoms with Gasteiger partial charge in [0.15, 0.2) is 5.82 Å². The van der Waals surface area contributed by atoms with Gasteiger partial charge in [-0.25, -0.2) is 5.84 Å². The summed E-state index contributed by atoms with van der Waals surface area (Å²) in [7, 11) is 0. The Bertz CT molecular complexity index is 475. The highest BCUT2D eigenvalue weighted by Crippen LogP contribution is 2.12. The van der Waals surface area contributed by atoms with Crippen molar-refractivity contribution in [3.05, 3.63) is 22.2 Å². The van der Waals surface area contributed by atoms with Gasteiger partial charge in [-0.2, -0.15) is 5.21 Å². The topological polar surface area (TPSA) is 117 Å². The van der Waals surface area contributed by atoms with Crippen LogP contribution in [0, 0.1) is 0 Å². The van der Waals surface area contributed by atoms with Gasteiger partial charge >= 0.3 is 0 Å². The van der Waals surface area contributed by atoms with E-state index in [0.29, 0.717) is 18.8 Å². The summed E-state index contributed by atoms with van der Waals surface area (Å²) in [5.74, 6) is 6.43. The summed E-state index contributed by atoms with van der Waals surface area (Å²) in [6.07, 6.45) is 1.49. The molecule has 0 aromatic carbocycles. The summed E-state index contributed by atoms with van der Waals surface area (Å²) in [6, 6.07) is 1.47. The molecular formula is C7H11N7OS. The molecular weight excluding hydrogens is 230 g/mol. The largest absolute Gasteiger partial charge is 0.300 e. The predicted octanol–water partition coefficient (Wildman–Crippen LogP) is -0.738. The third-order valence-corrected chi connectivity index (χ3v) is 2.85. The molecule has 0 aliphatic carbocycles. The van der Waals surface area contributed by atoms with E-state index in [2.05, 4.69) is 25.0 Å². The van der Waals surface area contributed by atoms with Crippen LogP contribution in [0.1, 0.15) is 12.2 Å². The number of hydrogen-bond donors (Lipinski definition) is 3. The molecule has 86 valence electrons. The van der Waals surface area contributed by atoms with Gasteiger partial charge in [0, 0.05) is 19.0 Å². The molecule has 0 saturated carbocycles. The van der Waals surface area contributed by atoms with E-state index < -0.39 is 0 Å². The Morgan fingerprint density at radius 3 is 3.06 bits per heavy atom. The fourth-order valence-electron chi connectivity index (χ4n) is 1.22. The summed E-state index contributed by atoms with van der Waals surface area (Å²) in [5.41, 5.74) is -0.131. The van der Waals surface area contributed by atoms with Crippen LogP contribution in [0.4, 0.5) is 5.00 Å². The van der Waals surface area contributed by atoms with E-state index in [0.717, 1.165) is 11.4 Å². The molecule has 2 aromatic heterocycles. The van der Waals surface area contributed by atoms with Gasteiger partial charge in [-0.05, 0) is 18.0 Å². The van der Waals surface area contributed by atoms with Gasteiger partial charge in [-0.3, -0.25) is 9.17 Å². The number of hydrazine groups is 1. The second kappa shape index (κ2) is 4.86. The summed E-state index contributed by atoms with van der Waals surface area (Å²) in [4.78, 5) is 10.9. The highest BCUT2D eigenvalue weighted by Gasteiger charge is 2.05. The zero-order valence-electron chi connectivity index (χ0n) is 8.38. The Hall–Kier alpha value is -1.74. The van der Waals surface area contributed by atoms with Gasteiger partial charge in [0.1, 0.15) is 5.00 Å². The summed E-state index contributed by atoms with van der Waals surface area (Å²) in [6.45, 7) is 0.627. The minimum Gasteiger partial charge on any atom is -0.300 e. The number of hydrogen-bond acceptors (Lipinski definition) is 7. The third kappa shape index (κ3) is 2.64. The first-order valence-corrected chi connectivity index (χ1v) is 5.50. The molecule has 2 aromatic rings. The maximum Gasteiger partial charge on any atom is 0.260 e. The van der Waals surface area contributed by atoms with Crippen LogP contribution in [0.2, 0.25) is 0 Å². The first-order chi connectivity index (χ1) is 7.75. The monoisotopic (exact) mass is 241 g/mol. The van der Waals surface area contributed by atoms with Gasteiger partial charge in [0.05, 0.1) is 0 Å². The molecule has 0 aliphatic rings. The highest BCUT2D eigenvalue weighted by molar-refractivity contribution is 7.10. The molecule has 0 saturated heterocycles. The van der Waals surface area contributed by atoms with Crippen LogP contribution in [-0.4, -0.2) is 31.5 Å². The van der Waals surface area contributed by atoms with E-state index in [-0.39, 0.29) is 5.56 Å². The van der Waals surface area contributed by atoms with E-state index in [1.165, 1.54) is 22.6 Å². The minimum atomic E-state index is -0.131. The fraction of sp³-hybridized carbons (Fsp3) is 0.429. The first-order valence-electron chi connectivity index (χ1n) is 4.69. The van der Waals surface area contributed by atoms with E-state index in [4.69, 9.17) is 5.84 Å². The van der Waals surface area contributed by atoms with E-state index in [9.17, 15) is 4.79 Å². The van der Waals surface area contributed by atoms with Crippen molar-refractivity contribution in [3.63, 3.8) is 0 Å². The first kappa shape index (κ1) is 10.8. The molecule has 2 heterocycles. The molecule has 0 fully saturated rings. The lowest BCUT2D eigenvalue weighted by Gasteiger charge is -2.14. The molecule has 2 rings (SSSR count). The van der Waals surface area contributed by atoms with Gasteiger partial charge in [0.2, 0.25) is 0 Å². The van der Waals surface area contributed by atoms with Crippen molar-refractivity contribution in [1.82, 2.24) is 25.0 Å². The standard InChI is InChI=1S/C7H11N7OS/c8-14(7-4-6(15)11-16-7)3-1-2-5-9-12-13-10-5/h4H,1-3,8H2,(H,11,15)(H,9,10,12,13). The number of aromatic nitrogens is 5. The quantitative estimate of drug-likeness (QED) is 0.469. The number of anilines is 1. The van der Waals surface area contributed by atoms with Crippen molar-refractivity contribution >= 4 is 16.5 Å². The van der Waals surface area contributed by atoms with Crippen molar-refractivity contribution < 1.29 is 0 Å². The summed E-state index contributed by atoms with van der Waals surface area (Å²) in [5, 5.41) is 15.7. The number of tetrazole rings is 1. The highest BCUT2D eigenvalue weighted by atomic mass is 32.1. The number of nitrogens with two attached hydrogens (primary N) is 1. The molecule has 16 heavy (non-hydrogen) atoms. The number of rotatable bonds is 5. The lowest BCUT2D eigenvalue weighted by Crippen LogP contribution is -2.31. The van der Waals surface area contributed by atoms with Crippen LogP contribution >= 0.6 is 11.5 Å².